The van der Waals surface area contributed by atoms with Crippen molar-refractivity contribution in [1.29, 1.82) is 0 Å². The lowest BCUT2D eigenvalue weighted by Gasteiger charge is -2.12. The molecule has 0 aliphatic rings. The third-order valence-corrected chi connectivity index (χ3v) is 4.83. The van der Waals surface area contributed by atoms with E-state index < -0.39 is 0 Å². The third-order valence-electron chi connectivity index (χ3n) is 4.09. The molecule has 4 nitrogen and oxygen atoms in total. The molecule has 0 atom stereocenters. The molecule has 6 heteroatoms. The molecule has 0 fully saturated rings. The SMILES string of the molecule is Cc1ccc(Nc2nc(Nc3ccc(Cl)c(Cl)c3)nc3ccccc23)cc1. The Balaban J connectivity index is 1.73. The van der Waals surface area contributed by atoms with Crippen molar-refractivity contribution in [2.24, 2.45) is 0 Å². The molecule has 3 aromatic carbocycles. The molecule has 1 aromatic heterocycles. The van der Waals surface area contributed by atoms with Gasteiger partial charge in [-0.2, -0.15) is 4.98 Å². The molecule has 27 heavy (non-hydrogen) atoms. The predicted molar refractivity (Wildman–Crippen MR) is 114 cm³/mol. The minimum atomic E-state index is 0.473. The van der Waals surface area contributed by atoms with Crippen LogP contribution >= 0.6 is 23.2 Å². The second-order valence-electron chi connectivity index (χ2n) is 6.16. The van der Waals surface area contributed by atoms with E-state index in [4.69, 9.17) is 23.2 Å². The number of hydrogen-bond donors (Lipinski definition) is 2. The molecular formula is C21H16Cl2N4. The van der Waals surface area contributed by atoms with E-state index in [0.29, 0.717) is 16.0 Å². The van der Waals surface area contributed by atoms with Crippen molar-refractivity contribution in [2.75, 3.05) is 10.6 Å². The molecule has 0 radical (unpaired) electrons. The summed E-state index contributed by atoms with van der Waals surface area (Å²) in [6.07, 6.45) is 0. The van der Waals surface area contributed by atoms with Crippen LogP contribution in [-0.4, -0.2) is 9.97 Å². The van der Waals surface area contributed by atoms with Crippen LogP contribution in [0.3, 0.4) is 0 Å². The molecule has 4 aromatic rings. The minimum Gasteiger partial charge on any atom is -0.340 e. The van der Waals surface area contributed by atoms with Crippen LogP contribution < -0.4 is 10.6 Å². The Morgan fingerprint density at radius 3 is 2.26 bits per heavy atom. The van der Waals surface area contributed by atoms with Gasteiger partial charge in [0, 0.05) is 16.8 Å². The van der Waals surface area contributed by atoms with Gasteiger partial charge in [-0.05, 0) is 49.4 Å². The van der Waals surface area contributed by atoms with E-state index in [0.717, 1.165) is 28.1 Å². The maximum atomic E-state index is 6.10. The first kappa shape index (κ1) is 17.6. The quantitative estimate of drug-likeness (QED) is 0.402. The Kier molecular flexibility index (Phi) is 4.84. The Bertz CT molecular complexity index is 1110. The summed E-state index contributed by atoms with van der Waals surface area (Å²) in [6.45, 7) is 2.06. The van der Waals surface area contributed by atoms with Crippen molar-refractivity contribution in [3.05, 3.63) is 82.3 Å². The molecule has 0 saturated carbocycles. The first-order valence-corrected chi connectivity index (χ1v) is 9.17. The molecule has 2 N–H and O–H groups in total. The van der Waals surface area contributed by atoms with Gasteiger partial charge < -0.3 is 10.6 Å². The van der Waals surface area contributed by atoms with Crippen LogP contribution in [0.25, 0.3) is 10.9 Å². The number of halogens is 2. The smallest absolute Gasteiger partial charge is 0.229 e. The number of nitrogens with zero attached hydrogens (tertiary/aromatic N) is 2. The van der Waals surface area contributed by atoms with Gasteiger partial charge in [0.05, 0.1) is 15.6 Å². The summed E-state index contributed by atoms with van der Waals surface area (Å²) in [7, 11) is 0. The molecule has 0 unspecified atom stereocenters. The van der Waals surface area contributed by atoms with Crippen LogP contribution in [0.5, 0.6) is 0 Å². The highest BCUT2D eigenvalue weighted by Gasteiger charge is 2.09. The van der Waals surface area contributed by atoms with E-state index in [9.17, 15) is 0 Å². The first-order chi connectivity index (χ1) is 13.1. The number of fused-ring (bicyclic) bond motifs is 1. The normalized spacial score (nSPS) is 10.8. The van der Waals surface area contributed by atoms with Gasteiger partial charge in [0.25, 0.3) is 0 Å². The van der Waals surface area contributed by atoms with E-state index in [1.165, 1.54) is 5.56 Å². The lowest BCUT2D eigenvalue weighted by atomic mass is 10.2. The number of anilines is 4. The molecule has 0 aliphatic heterocycles. The van der Waals surface area contributed by atoms with Crippen molar-refractivity contribution < 1.29 is 0 Å². The van der Waals surface area contributed by atoms with Crippen molar-refractivity contribution >= 4 is 57.2 Å². The van der Waals surface area contributed by atoms with Gasteiger partial charge in [-0.15, -0.1) is 0 Å². The van der Waals surface area contributed by atoms with Gasteiger partial charge in [0.15, 0.2) is 0 Å². The summed E-state index contributed by atoms with van der Waals surface area (Å²) >= 11 is 12.1. The fraction of sp³-hybridized carbons (Fsp3) is 0.0476. The van der Waals surface area contributed by atoms with E-state index in [-0.39, 0.29) is 0 Å². The lowest BCUT2D eigenvalue weighted by Crippen LogP contribution is -2.02. The van der Waals surface area contributed by atoms with E-state index in [1.54, 1.807) is 12.1 Å². The standard InChI is InChI=1S/C21H16Cl2N4/c1-13-6-8-14(9-7-13)24-20-16-4-2-3-5-19(16)26-21(27-20)25-15-10-11-17(22)18(23)12-15/h2-12H,1H3,(H2,24,25,26,27). The molecule has 0 amide bonds. The Morgan fingerprint density at radius 1 is 0.741 bits per heavy atom. The molecule has 134 valence electrons. The zero-order chi connectivity index (χ0) is 18.8. The van der Waals surface area contributed by atoms with Crippen LogP contribution in [-0.2, 0) is 0 Å². The van der Waals surface area contributed by atoms with Crippen molar-refractivity contribution in [2.45, 2.75) is 6.92 Å². The van der Waals surface area contributed by atoms with Gasteiger partial charge in [-0.3, -0.25) is 0 Å². The largest absolute Gasteiger partial charge is 0.340 e. The number of aromatic nitrogens is 2. The minimum absolute atomic E-state index is 0.473. The molecule has 0 bridgehead atoms. The Hall–Kier alpha value is -2.82. The maximum absolute atomic E-state index is 6.10. The zero-order valence-electron chi connectivity index (χ0n) is 14.5. The third kappa shape index (κ3) is 3.97. The molecule has 0 saturated heterocycles. The van der Waals surface area contributed by atoms with Crippen LogP contribution in [0.4, 0.5) is 23.1 Å². The van der Waals surface area contributed by atoms with Crippen LogP contribution in [0.1, 0.15) is 5.56 Å². The Morgan fingerprint density at radius 2 is 1.48 bits per heavy atom. The fourth-order valence-electron chi connectivity index (χ4n) is 2.70. The highest BCUT2D eigenvalue weighted by molar-refractivity contribution is 6.42. The summed E-state index contributed by atoms with van der Waals surface area (Å²) in [5.74, 6) is 1.20. The maximum Gasteiger partial charge on any atom is 0.229 e. The highest BCUT2D eigenvalue weighted by atomic mass is 35.5. The van der Waals surface area contributed by atoms with Gasteiger partial charge in [-0.1, -0.05) is 53.0 Å². The fourth-order valence-corrected chi connectivity index (χ4v) is 3.00. The lowest BCUT2D eigenvalue weighted by molar-refractivity contribution is 1.21. The van der Waals surface area contributed by atoms with Gasteiger partial charge >= 0.3 is 0 Å². The number of hydrogen-bond acceptors (Lipinski definition) is 4. The average molecular weight is 395 g/mol. The van der Waals surface area contributed by atoms with Gasteiger partial charge in [0.2, 0.25) is 5.95 Å². The van der Waals surface area contributed by atoms with Crippen LogP contribution in [0, 0.1) is 6.92 Å². The number of nitrogens with one attached hydrogen (secondary N) is 2. The summed E-state index contributed by atoms with van der Waals surface area (Å²) < 4.78 is 0. The number of benzene rings is 3. The Labute approximate surface area is 167 Å². The highest BCUT2D eigenvalue weighted by Crippen LogP contribution is 2.29. The summed E-state index contributed by atoms with van der Waals surface area (Å²) in [5.41, 5.74) is 3.77. The topological polar surface area (TPSA) is 49.8 Å². The van der Waals surface area contributed by atoms with Gasteiger partial charge in [0.1, 0.15) is 5.82 Å². The zero-order valence-corrected chi connectivity index (χ0v) is 16.0. The first-order valence-electron chi connectivity index (χ1n) is 8.41. The molecular weight excluding hydrogens is 379 g/mol. The van der Waals surface area contributed by atoms with Crippen molar-refractivity contribution in [3.8, 4) is 0 Å². The number of para-hydroxylation sites is 1. The molecule has 0 aliphatic carbocycles. The predicted octanol–water partition coefficient (Wildman–Crippen LogP) is 6.73. The van der Waals surface area contributed by atoms with Gasteiger partial charge in [-0.25, -0.2) is 4.98 Å². The second kappa shape index (κ2) is 7.43. The molecule has 4 rings (SSSR count). The second-order valence-corrected chi connectivity index (χ2v) is 6.97. The summed E-state index contributed by atoms with van der Waals surface area (Å²) in [5, 5.41) is 8.49. The van der Waals surface area contributed by atoms with Crippen molar-refractivity contribution in [1.82, 2.24) is 9.97 Å². The van der Waals surface area contributed by atoms with E-state index >= 15 is 0 Å². The summed E-state index contributed by atoms with van der Waals surface area (Å²) in [6, 6.07) is 21.4. The number of rotatable bonds is 4. The molecule has 0 spiro atoms. The summed E-state index contributed by atoms with van der Waals surface area (Å²) in [4.78, 5) is 9.26. The van der Waals surface area contributed by atoms with Crippen LogP contribution in [0.2, 0.25) is 10.0 Å². The monoisotopic (exact) mass is 394 g/mol. The number of aryl methyl sites for hydroxylation is 1. The molecule has 1 heterocycles. The van der Waals surface area contributed by atoms with Crippen molar-refractivity contribution in [3.63, 3.8) is 0 Å². The van der Waals surface area contributed by atoms with E-state index in [1.807, 2.05) is 42.5 Å². The van der Waals surface area contributed by atoms with E-state index in [2.05, 4.69) is 39.7 Å². The van der Waals surface area contributed by atoms with Crippen LogP contribution in [0.15, 0.2) is 66.7 Å². The average Bonchev–Trinajstić information content (AvgIpc) is 2.67.